The Kier molecular flexibility index (Phi) is 37.4. The van der Waals surface area contributed by atoms with E-state index in [9.17, 15) is 14.7 Å². The molecule has 16 rings (SSSR count). The molecule has 720 valence electrons. The molecule has 127 heavy (non-hydrogen) atoms. The van der Waals surface area contributed by atoms with Gasteiger partial charge in [-0.1, -0.05) is 274 Å². The second kappa shape index (κ2) is 44.3. The Balaban J connectivity index is 0.000000184. The summed E-state index contributed by atoms with van der Waals surface area (Å²) in [6.45, 7) is 51.9. The van der Waals surface area contributed by atoms with Gasteiger partial charge in [-0.3, -0.25) is 4.79 Å². The third-order valence-electron chi connectivity index (χ3n) is 43.0. The van der Waals surface area contributed by atoms with Gasteiger partial charge < -0.3 is 33.3 Å². The summed E-state index contributed by atoms with van der Waals surface area (Å²) in [6.07, 6.45) is 70.2. The van der Waals surface area contributed by atoms with Crippen LogP contribution in [-0.2, 0) is 9.59 Å². The molecule has 0 saturated heterocycles. The van der Waals surface area contributed by atoms with Gasteiger partial charge in [0.25, 0.3) is 0 Å². The molecule has 0 aliphatic heterocycles. The fraction of sp³-hybridized carbons (Fsp3) is 0.912. The first-order chi connectivity index (χ1) is 59.0. The molecule has 11 nitrogen and oxygen atoms in total. The van der Waals surface area contributed by atoms with Crippen LogP contribution in [-0.4, -0.2) is 79.6 Å². The summed E-state index contributed by atoms with van der Waals surface area (Å²) in [5, 5.41) is 39.9. The number of aliphatic carboxylic acids is 2. The second-order valence-corrected chi connectivity index (χ2v) is 51.5. The smallest absolute Gasteiger partial charge is 1.00 e. The number of carboxylic acid groups (broad SMARTS) is 2. The van der Waals surface area contributed by atoms with E-state index in [2.05, 4.69) is 179 Å². The van der Waals surface area contributed by atoms with Crippen molar-refractivity contribution in [2.45, 2.75) is 471 Å². The maximum Gasteiger partial charge on any atom is 1.00 e. The maximum absolute atomic E-state index is 10.3. The van der Waals surface area contributed by atoms with Gasteiger partial charge in [-0.2, -0.15) is 0 Å². The fourth-order valence-corrected chi connectivity index (χ4v) is 35.6. The first-order valence-corrected chi connectivity index (χ1v) is 54.2. The van der Waals surface area contributed by atoms with E-state index in [4.69, 9.17) is 26.6 Å². The van der Waals surface area contributed by atoms with E-state index >= 15 is 0 Å². The molecule has 16 aliphatic carbocycles. The van der Waals surface area contributed by atoms with Crippen LogP contribution in [0.25, 0.3) is 10.4 Å². The number of quaternary nitrogens is 1. The summed E-state index contributed by atoms with van der Waals surface area (Å²) in [5.41, 5.74) is 28.5. The van der Waals surface area contributed by atoms with E-state index in [1.54, 1.807) is 22.3 Å². The van der Waals surface area contributed by atoms with Crippen molar-refractivity contribution in [3.8, 4) is 0 Å². The number of aliphatic hydroxyl groups is 2. The largest absolute Gasteiger partial charge is 1.00 e. The molecule has 12 saturated carbocycles. The van der Waals surface area contributed by atoms with Crippen LogP contribution in [0.5, 0.6) is 0 Å². The zero-order valence-corrected chi connectivity index (χ0v) is 85.7. The number of hydrogen-bond acceptors (Lipinski definition) is 6. The van der Waals surface area contributed by atoms with Crippen molar-refractivity contribution >= 4 is 29.3 Å². The van der Waals surface area contributed by atoms with Gasteiger partial charge in [-0.05, 0) is 390 Å². The molecule has 9 N–H and O–H groups in total. The zero-order valence-electron chi connectivity index (χ0n) is 86.7. The number of azide groups is 1. The SMILES string of the molecule is CC(C)CCC[C@@H](C)[C@H]1CC[C@H]2[C@@H]3CC=C4C[C@@H](O)CC[C@]4(C)[C@H]3CC[C@]12C.CC(C)CCC[C@@H](C)[C@H]1CC[C@H]2[C@@H]3CC=C4C[C@H](N)CC[C@]4(C)[C@H]3CC[C@]12C.CC(C)CCC[C@@H](C)[C@H]1CC[C@H]2[C@@H]3CC=C4C[C@H](N=[N+]=[N-])CC[C@]4(C)[C@H]3CC[C@]12C.CC(C)CCC[C@@H](C)[C@H]1CC[C@H]2[C@@H]3CC=C4C[C@H]([NH3+])CC[C@]4(C)[C@H]3CC[C@]12C.CCC(O)(CC(=O)O)C(=O)O.[AlH3].[H-].[Li+]. The number of hydrogen-bond donors (Lipinski definition) is 6. The zero-order chi connectivity index (χ0) is 90.9. The number of nitrogens with zero attached hydrogens (tertiary/aromatic N) is 3. The normalized spacial score (nSPS) is 42.5. The van der Waals surface area contributed by atoms with Crippen molar-refractivity contribution in [3.63, 3.8) is 0 Å². The number of fused-ring (bicyclic) bond motifs is 20. The summed E-state index contributed by atoms with van der Waals surface area (Å²) in [6, 6.07) is 1.29. The molecule has 0 bridgehead atoms. The Labute approximate surface area is 803 Å². The summed E-state index contributed by atoms with van der Waals surface area (Å²) < 4.78 is 0. The van der Waals surface area contributed by atoms with Crippen LogP contribution in [0.15, 0.2) is 51.7 Å². The van der Waals surface area contributed by atoms with E-state index in [1.165, 1.54) is 264 Å². The number of aliphatic hydroxyl groups excluding tert-OH is 1. The van der Waals surface area contributed by atoms with Crippen LogP contribution in [0.4, 0.5) is 0 Å². The van der Waals surface area contributed by atoms with Crippen LogP contribution in [0.2, 0.25) is 0 Å². The Hall–Kier alpha value is -1.82. The van der Waals surface area contributed by atoms with E-state index in [1.807, 2.05) is 0 Å². The fourth-order valence-electron chi connectivity index (χ4n) is 35.6. The average Bonchev–Trinajstić information content (AvgIpc) is 1.47. The number of carboxylic acids is 2. The van der Waals surface area contributed by atoms with E-state index < -0.39 is 24.0 Å². The molecule has 16 aliphatic rings. The topological polar surface area (TPSA) is 217 Å². The Bertz CT molecular complexity index is 3510. The van der Waals surface area contributed by atoms with Crippen LogP contribution >= 0.6 is 0 Å². The Morgan fingerprint density at radius 3 is 1.04 bits per heavy atom. The van der Waals surface area contributed by atoms with Crippen molar-refractivity contribution in [1.82, 2.24) is 0 Å². The van der Waals surface area contributed by atoms with Crippen molar-refractivity contribution in [2.24, 2.45) is 196 Å². The molecular formula is C114H200AlLiN5O6+. The van der Waals surface area contributed by atoms with Gasteiger partial charge >= 0.3 is 30.8 Å². The molecular weight excluding hydrogens is 1570 g/mol. The van der Waals surface area contributed by atoms with Gasteiger partial charge in [0.1, 0.15) is 0 Å². The van der Waals surface area contributed by atoms with Gasteiger partial charge in [0.15, 0.2) is 23.0 Å². The molecule has 33 atom stereocenters. The standard InChI is InChI=1S/C27H45N3.2C27H47N.C27H46O.C6H10O5.Al.Li.4H/c1-18(2)7-6-8-19(3)23-11-12-24-22-10-9-20-17-21(29-30-28)13-15-26(20,4)25(22)14-16-27(23,24)5;3*1-18(2)7-6-8-19(3)23-11-12-24-22-10-9-20-17-21(28)13-15-26(20,4)25(22)14-16-27(23,24)5;1-2-6(11,5(9)10)3-4(7)8;;;;;;/h9,18-19,21-25H,6-8,10-17H2,1-5H3;2*9,18-19,21-25H,6-8,10-17,28H2,1-5H3;9,18-19,21-25,28H,6-8,10-17H2,1-5H3;11H,2-3H2,1H3,(H,7,8)(H,9,10);;;;;;/q;;;;;;+1;;;;-1/p+1/t3*19-,21-,22+,23-,24+,25+,26+,27-;19-,21+,22+,23-,24+,25+,26+,27-;;;;;;;/m1111......./s1. The Morgan fingerprint density at radius 2 is 0.740 bits per heavy atom. The molecule has 0 heterocycles. The molecule has 0 aromatic rings. The molecule has 1 unspecified atom stereocenters. The van der Waals surface area contributed by atoms with Crippen molar-refractivity contribution in [3.05, 3.63) is 57.0 Å². The molecule has 0 amide bonds. The molecule has 0 aromatic carbocycles. The predicted octanol–water partition coefficient (Wildman–Crippen LogP) is 25.7. The molecule has 0 spiro atoms. The van der Waals surface area contributed by atoms with Crippen molar-refractivity contribution < 1.29 is 56.0 Å². The van der Waals surface area contributed by atoms with E-state index in [0.29, 0.717) is 55.4 Å². The minimum absolute atomic E-state index is 0. The van der Waals surface area contributed by atoms with Gasteiger partial charge in [0.05, 0.1) is 18.6 Å². The van der Waals surface area contributed by atoms with Gasteiger partial charge in [-0.25, -0.2) is 4.79 Å². The first-order valence-electron chi connectivity index (χ1n) is 54.2. The second-order valence-electron chi connectivity index (χ2n) is 51.5. The minimum Gasteiger partial charge on any atom is -1.00 e. The summed E-state index contributed by atoms with van der Waals surface area (Å²) in [5.74, 6) is 19.3. The van der Waals surface area contributed by atoms with E-state index in [-0.39, 0.29) is 56.2 Å². The van der Waals surface area contributed by atoms with Crippen LogP contribution < -0.4 is 30.3 Å². The average molecular weight is 1770 g/mol. The van der Waals surface area contributed by atoms with Crippen LogP contribution in [0, 0.1) is 185 Å². The number of nitrogens with two attached hydrogens (primary N) is 1. The summed E-state index contributed by atoms with van der Waals surface area (Å²) in [7, 11) is 0. The minimum atomic E-state index is -2.12. The summed E-state index contributed by atoms with van der Waals surface area (Å²) in [4.78, 5) is 23.4. The van der Waals surface area contributed by atoms with Gasteiger partial charge in [0, 0.05) is 29.8 Å². The Morgan fingerprint density at radius 1 is 0.441 bits per heavy atom. The third-order valence-corrected chi connectivity index (χ3v) is 43.0. The predicted molar refractivity (Wildman–Crippen MR) is 532 cm³/mol. The van der Waals surface area contributed by atoms with Crippen molar-refractivity contribution in [2.75, 3.05) is 0 Å². The van der Waals surface area contributed by atoms with Gasteiger partial charge in [-0.15, -0.1) is 0 Å². The number of carbonyl (C=O) groups is 2. The number of rotatable bonds is 25. The van der Waals surface area contributed by atoms with Gasteiger partial charge in [0.2, 0.25) is 0 Å². The van der Waals surface area contributed by atoms with Crippen molar-refractivity contribution in [1.29, 1.82) is 0 Å². The van der Waals surface area contributed by atoms with E-state index in [0.717, 1.165) is 168 Å². The van der Waals surface area contributed by atoms with Crippen LogP contribution in [0.3, 0.4) is 0 Å². The maximum atomic E-state index is 10.3. The quantitative estimate of drug-likeness (QED) is 0.0171. The molecule has 12 fully saturated rings. The van der Waals surface area contributed by atoms with Crippen LogP contribution in [0.1, 0.15) is 442 Å². The summed E-state index contributed by atoms with van der Waals surface area (Å²) >= 11 is 0. The molecule has 0 aromatic heterocycles. The number of allylic oxidation sites excluding steroid dienone is 4. The first kappa shape index (κ1) is 107. The molecule has 0 radical (unpaired) electrons. The monoisotopic (exact) mass is 1770 g/mol. The third kappa shape index (κ3) is 22.5. The molecule has 13 heteroatoms.